The van der Waals surface area contributed by atoms with E-state index in [2.05, 4.69) is 15.5 Å². The first-order valence-electron chi connectivity index (χ1n) is 12.1. The summed E-state index contributed by atoms with van der Waals surface area (Å²) in [4.78, 5) is 31.4. The van der Waals surface area contributed by atoms with Crippen molar-refractivity contribution in [1.82, 2.24) is 0 Å². The zero-order valence-electron chi connectivity index (χ0n) is 20.4. The van der Waals surface area contributed by atoms with Crippen LogP contribution in [0.2, 0.25) is 0 Å². The fourth-order valence-corrected chi connectivity index (χ4v) is 5.59. The van der Waals surface area contributed by atoms with Gasteiger partial charge in [0.25, 0.3) is 10.1 Å². The topological polar surface area (TPSA) is 134 Å². The number of hydrogen-bond acceptors (Lipinski definition) is 8. The molecule has 1 fully saturated rings. The standard InChI is InChI=1S/C27H24FN3O6S/c1-37-21-12-11-15(28)13-19(21)30-31-25-22(38(34,35)36)14-20(29-16-7-3-2-4-8-16)23-24(25)27(33)18-10-6-5-9-17(18)26(23)32/h5-6,9-14,16,30H,2-4,7-8H2,1H3,(H,34,35,36)/b29-20?,31-25-. The van der Waals surface area contributed by atoms with E-state index in [0.717, 1.165) is 50.3 Å². The van der Waals surface area contributed by atoms with Crippen molar-refractivity contribution in [2.45, 2.75) is 43.0 Å². The fraction of sp³-hybridized carbons (Fsp3) is 0.259. The molecule has 11 heteroatoms. The summed E-state index contributed by atoms with van der Waals surface area (Å²) in [5, 5.41) is 3.47. The van der Waals surface area contributed by atoms with Gasteiger partial charge in [-0.25, -0.2) is 4.39 Å². The van der Waals surface area contributed by atoms with E-state index in [4.69, 9.17) is 4.74 Å². The molecule has 0 heterocycles. The zero-order chi connectivity index (χ0) is 27.0. The van der Waals surface area contributed by atoms with Gasteiger partial charge in [-0.2, -0.15) is 13.5 Å². The van der Waals surface area contributed by atoms with Crippen LogP contribution in [0.5, 0.6) is 5.75 Å². The maximum Gasteiger partial charge on any atom is 0.296 e. The predicted molar refractivity (Wildman–Crippen MR) is 139 cm³/mol. The van der Waals surface area contributed by atoms with Crippen LogP contribution >= 0.6 is 0 Å². The molecule has 9 nitrogen and oxygen atoms in total. The molecule has 196 valence electrons. The second-order valence-electron chi connectivity index (χ2n) is 9.16. The molecule has 2 aromatic carbocycles. The molecule has 3 aliphatic rings. The summed E-state index contributed by atoms with van der Waals surface area (Å²) in [6, 6.07) is 10.7. The SMILES string of the molecule is COc1ccc(F)cc1N/N=c1/c(S(=O)(=O)O)cc(=NC2CCCCC2)c2c(=O)c3ccccc3c(=O)c1=2. The first-order valence-corrected chi connectivity index (χ1v) is 13.5. The average molecular weight is 538 g/mol. The number of hydrogen-bond donors (Lipinski definition) is 2. The summed E-state index contributed by atoms with van der Waals surface area (Å²) in [5.74, 6) is -0.434. The quantitative estimate of drug-likeness (QED) is 0.295. The van der Waals surface area contributed by atoms with Crippen molar-refractivity contribution < 1.29 is 22.1 Å². The number of nitrogens with one attached hydrogen (secondary N) is 1. The number of anilines is 1. The van der Waals surface area contributed by atoms with Crippen LogP contribution in [-0.4, -0.2) is 26.1 Å². The van der Waals surface area contributed by atoms with Crippen molar-refractivity contribution >= 4 is 26.6 Å². The van der Waals surface area contributed by atoms with Gasteiger partial charge in [0.15, 0.2) is 10.9 Å². The van der Waals surface area contributed by atoms with Crippen LogP contribution in [0.3, 0.4) is 0 Å². The third-order valence-electron chi connectivity index (χ3n) is 6.74. The molecule has 0 bridgehead atoms. The molecule has 0 aromatic heterocycles. The Morgan fingerprint density at radius 1 is 0.974 bits per heavy atom. The van der Waals surface area contributed by atoms with Gasteiger partial charge in [0.2, 0.25) is 0 Å². The predicted octanol–water partition coefficient (Wildman–Crippen LogP) is 2.72. The molecule has 1 saturated carbocycles. The van der Waals surface area contributed by atoms with Gasteiger partial charge >= 0.3 is 0 Å². The minimum Gasteiger partial charge on any atom is -0.495 e. The number of fused-ring (bicyclic) bond motifs is 1. The molecule has 3 aliphatic carbocycles. The Morgan fingerprint density at radius 2 is 1.63 bits per heavy atom. The molecule has 0 spiro atoms. The number of methoxy groups -OCH3 is 1. The van der Waals surface area contributed by atoms with Gasteiger partial charge in [-0.15, -0.1) is 0 Å². The van der Waals surface area contributed by atoms with E-state index in [1.54, 1.807) is 12.1 Å². The van der Waals surface area contributed by atoms with Crippen LogP contribution in [0.1, 0.15) is 32.1 Å². The van der Waals surface area contributed by atoms with E-state index < -0.39 is 37.0 Å². The fourth-order valence-electron chi connectivity index (χ4n) is 4.93. The van der Waals surface area contributed by atoms with Gasteiger partial charge in [-0.05, 0) is 31.0 Å². The third kappa shape index (κ3) is 4.70. The second-order valence-corrected chi connectivity index (χ2v) is 10.6. The summed E-state index contributed by atoms with van der Waals surface area (Å²) in [6.45, 7) is 0. The molecule has 0 radical (unpaired) electrons. The average Bonchev–Trinajstić information content (AvgIpc) is 2.90. The first kappa shape index (κ1) is 25.7. The smallest absolute Gasteiger partial charge is 0.296 e. The van der Waals surface area contributed by atoms with Gasteiger partial charge < -0.3 is 4.74 Å². The van der Waals surface area contributed by atoms with Crippen molar-refractivity contribution in [1.29, 1.82) is 0 Å². The molecule has 0 atom stereocenters. The van der Waals surface area contributed by atoms with E-state index in [0.29, 0.717) is 0 Å². The lowest BCUT2D eigenvalue weighted by atomic mass is 9.96. The molecule has 38 heavy (non-hydrogen) atoms. The van der Waals surface area contributed by atoms with E-state index in [1.807, 2.05) is 0 Å². The number of nitrogens with zero attached hydrogens (tertiary/aromatic N) is 2. The maximum atomic E-state index is 13.9. The normalized spacial score (nSPS) is 15.9. The second kappa shape index (κ2) is 10.1. The van der Waals surface area contributed by atoms with Crippen molar-refractivity contribution in [3.8, 4) is 5.75 Å². The summed E-state index contributed by atoms with van der Waals surface area (Å²) in [7, 11) is -3.59. The van der Waals surface area contributed by atoms with Crippen LogP contribution in [0.4, 0.5) is 10.1 Å². The lowest BCUT2D eigenvalue weighted by Crippen LogP contribution is -2.34. The number of ether oxygens (including phenoxy) is 1. The molecular weight excluding hydrogens is 513 g/mol. The first-order chi connectivity index (χ1) is 18.2. The molecule has 5 rings (SSSR count). The van der Waals surface area contributed by atoms with E-state index in [9.17, 15) is 27.0 Å². The molecule has 2 aromatic rings. The minimum atomic E-state index is -4.94. The number of rotatable bonds is 5. The van der Waals surface area contributed by atoms with E-state index in [-0.39, 0.29) is 44.0 Å². The molecule has 0 amide bonds. The Balaban J connectivity index is 1.98. The molecule has 2 N–H and O–H groups in total. The van der Waals surface area contributed by atoms with E-state index in [1.165, 1.54) is 25.3 Å². The van der Waals surface area contributed by atoms with Gasteiger partial charge in [-0.3, -0.25) is 24.6 Å². The largest absolute Gasteiger partial charge is 0.495 e. The number of benzene rings is 2. The maximum absolute atomic E-state index is 13.9. The Bertz CT molecular complexity index is 1960. The Hall–Kier alpha value is -3.96. The third-order valence-corrected chi connectivity index (χ3v) is 7.61. The lowest BCUT2D eigenvalue weighted by Gasteiger charge is -2.17. The Labute approximate surface area is 216 Å². The van der Waals surface area contributed by atoms with Crippen molar-refractivity contribution in [3.63, 3.8) is 0 Å². The van der Waals surface area contributed by atoms with Gasteiger partial charge in [0.05, 0.1) is 28.9 Å². The van der Waals surface area contributed by atoms with Gasteiger partial charge in [0.1, 0.15) is 27.5 Å². The highest BCUT2D eigenvalue weighted by atomic mass is 32.2. The van der Waals surface area contributed by atoms with Crippen LogP contribution in [0.15, 0.2) is 73.1 Å². The monoisotopic (exact) mass is 537 g/mol. The highest BCUT2D eigenvalue weighted by Crippen LogP contribution is 2.24. The molecule has 0 unspecified atom stereocenters. The molecule has 0 aliphatic heterocycles. The van der Waals surface area contributed by atoms with Crippen molar-refractivity contribution in [2.75, 3.05) is 12.5 Å². The lowest BCUT2D eigenvalue weighted by molar-refractivity contribution is 0.415. The van der Waals surface area contributed by atoms with Crippen LogP contribution in [0, 0.1) is 16.3 Å². The molecule has 0 saturated heterocycles. The Morgan fingerprint density at radius 3 is 2.26 bits per heavy atom. The van der Waals surface area contributed by atoms with Gasteiger partial charge in [-0.1, -0.05) is 43.5 Å². The molecular formula is C27H24FN3O6S. The highest BCUT2D eigenvalue weighted by Gasteiger charge is 2.21. The van der Waals surface area contributed by atoms with Crippen molar-refractivity contribution in [2.24, 2.45) is 10.1 Å². The van der Waals surface area contributed by atoms with Gasteiger partial charge in [0, 0.05) is 16.8 Å². The summed E-state index contributed by atoms with van der Waals surface area (Å²) < 4.78 is 54.4. The van der Waals surface area contributed by atoms with Crippen LogP contribution < -0.4 is 31.7 Å². The summed E-state index contributed by atoms with van der Waals surface area (Å²) >= 11 is 0. The zero-order valence-corrected chi connectivity index (χ0v) is 21.2. The summed E-state index contributed by atoms with van der Waals surface area (Å²) in [5.41, 5.74) is 1.42. The highest BCUT2D eigenvalue weighted by molar-refractivity contribution is 7.85. The van der Waals surface area contributed by atoms with Crippen LogP contribution in [0.25, 0.3) is 10.8 Å². The van der Waals surface area contributed by atoms with E-state index >= 15 is 0 Å². The minimum absolute atomic E-state index is 0.00895. The van der Waals surface area contributed by atoms with Crippen molar-refractivity contribution in [3.05, 3.63) is 95.9 Å². The number of halogens is 1. The van der Waals surface area contributed by atoms with Crippen LogP contribution in [-0.2, 0) is 10.1 Å². The summed E-state index contributed by atoms with van der Waals surface area (Å²) in [6.07, 6.45) is 4.43. The Kier molecular flexibility index (Phi) is 6.80.